The molecule has 2 aromatic heterocycles. The summed E-state index contributed by atoms with van der Waals surface area (Å²) in [5, 5.41) is 3.35. The van der Waals surface area contributed by atoms with Crippen LogP contribution in [0.4, 0.5) is 5.95 Å². The number of benzene rings is 1. The fourth-order valence-corrected chi connectivity index (χ4v) is 4.01. The Balaban J connectivity index is 1.51. The first-order chi connectivity index (χ1) is 14.2. The van der Waals surface area contributed by atoms with Gasteiger partial charge in [-0.25, -0.2) is 18.9 Å². The summed E-state index contributed by atoms with van der Waals surface area (Å²) in [6.45, 7) is 5.39. The minimum Gasteiger partial charge on any atom is -0.458 e. The monoisotopic (exact) mass is 394 g/mol. The summed E-state index contributed by atoms with van der Waals surface area (Å²) >= 11 is 0. The van der Waals surface area contributed by atoms with Crippen molar-refractivity contribution < 1.29 is 14.1 Å². The average molecular weight is 394 g/mol. The molecule has 2 heterocycles. The Morgan fingerprint density at radius 3 is 2.97 bits per heavy atom. The number of carbonyl (C=O) groups excluding carboxylic acids is 1. The number of aromatic nitrogens is 4. The highest BCUT2D eigenvalue weighted by Gasteiger charge is 2.23. The highest BCUT2D eigenvalue weighted by Crippen LogP contribution is 2.35. The number of aryl methyl sites for hydroxylation is 1. The minimum absolute atomic E-state index is 0.320. The van der Waals surface area contributed by atoms with E-state index < -0.39 is 0 Å². The molecule has 29 heavy (non-hydrogen) atoms. The first-order valence-electron chi connectivity index (χ1n) is 10.2. The maximum atomic E-state index is 12.5. The molecule has 1 N–H and O–H groups in total. The molecule has 4 rings (SSSR count). The van der Waals surface area contributed by atoms with Gasteiger partial charge in [0.1, 0.15) is 25.5 Å². The van der Waals surface area contributed by atoms with Gasteiger partial charge in [-0.2, -0.15) is 0 Å². The zero-order chi connectivity index (χ0) is 20.2. The van der Waals surface area contributed by atoms with Crippen LogP contribution >= 0.6 is 0 Å². The van der Waals surface area contributed by atoms with Crippen molar-refractivity contribution in [3.8, 4) is 0 Å². The molecule has 1 aliphatic carbocycles. The van der Waals surface area contributed by atoms with Gasteiger partial charge in [0, 0.05) is 12.6 Å². The summed E-state index contributed by atoms with van der Waals surface area (Å²) in [7, 11) is 1.96. The quantitative estimate of drug-likeness (QED) is 0.362. The Bertz CT molecular complexity index is 1010. The third-order valence-electron chi connectivity index (χ3n) is 5.43. The number of rotatable bonds is 8. The fourth-order valence-electron chi connectivity index (χ4n) is 4.01. The summed E-state index contributed by atoms with van der Waals surface area (Å²) in [6.07, 6.45) is 12.5. The van der Waals surface area contributed by atoms with Crippen LogP contribution in [0.2, 0.25) is 0 Å². The molecule has 0 bridgehead atoms. The zero-order valence-electron chi connectivity index (χ0n) is 16.9. The number of nitrogens with zero attached hydrogens (tertiary/aromatic N) is 4. The molecule has 7 heteroatoms. The van der Waals surface area contributed by atoms with Crippen molar-refractivity contribution in [1.29, 1.82) is 0 Å². The third kappa shape index (κ3) is 4.18. The molecule has 0 spiro atoms. The number of imidazole rings is 2. The van der Waals surface area contributed by atoms with Gasteiger partial charge in [-0.3, -0.25) is 0 Å². The van der Waals surface area contributed by atoms with E-state index in [1.807, 2.05) is 59.2 Å². The predicted octanol–water partition coefficient (Wildman–Crippen LogP) is 3.23. The summed E-state index contributed by atoms with van der Waals surface area (Å²) in [5.41, 5.74) is 2.40. The Kier molecular flexibility index (Phi) is 5.64. The second-order valence-corrected chi connectivity index (χ2v) is 7.57. The number of carbonyl (C=O) groups is 1. The zero-order valence-corrected chi connectivity index (χ0v) is 16.9. The van der Waals surface area contributed by atoms with Crippen LogP contribution in [0.25, 0.3) is 11.0 Å². The second-order valence-electron chi connectivity index (χ2n) is 7.57. The first-order valence-corrected chi connectivity index (χ1v) is 10.2. The Morgan fingerprint density at radius 2 is 2.24 bits per heavy atom. The van der Waals surface area contributed by atoms with Gasteiger partial charge in [-0.05, 0) is 31.0 Å². The van der Waals surface area contributed by atoms with Crippen molar-refractivity contribution in [1.82, 2.24) is 14.1 Å². The van der Waals surface area contributed by atoms with E-state index in [0.29, 0.717) is 31.3 Å². The van der Waals surface area contributed by atoms with Crippen molar-refractivity contribution in [3.63, 3.8) is 0 Å². The van der Waals surface area contributed by atoms with Crippen LogP contribution < -0.4 is 9.88 Å². The fraction of sp³-hybridized carbons (Fsp3) is 0.409. The molecule has 0 radical (unpaired) electrons. The maximum absolute atomic E-state index is 12.5. The Morgan fingerprint density at radius 1 is 1.41 bits per heavy atom. The summed E-state index contributed by atoms with van der Waals surface area (Å²) in [4.78, 5) is 17.3. The molecule has 0 amide bonds. The smallest absolute Gasteiger partial charge is 0.338 e. The van der Waals surface area contributed by atoms with Crippen LogP contribution in [-0.2, 0) is 18.3 Å². The lowest BCUT2D eigenvalue weighted by Crippen LogP contribution is -2.24. The highest BCUT2D eigenvalue weighted by molar-refractivity contribution is 5.94. The largest absolute Gasteiger partial charge is 0.458 e. The molecule has 1 saturated carbocycles. The Labute approximate surface area is 170 Å². The molecule has 0 atom stereocenters. The van der Waals surface area contributed by atoms with E-state index in [-0.39, 0.29) is 5.97 Å². The van der Waals surface area contributed by atoms with Gasteiger partial charge in [-0.15, -0.1) is 6.58 Å². The lowest BCUT2D eigenvalue weighted by atomic mass is 10.2. The standard InChI is InChI=1S/C22H28N5O2/c1-3-10-23-22-24-19-15-17(8-9-20(19)27(22)18-6-4-5-7-18)21(28)29-14-13-26-12-11-25(2)16-26/h3,8-9,11-12,15-16,18H,1,4-7,10,13-14H2,2H3,(H,23,24)/q+1. The minimum atomic E-state index is -0.320. The molecule has 1 aliphatic rings. The Hall–Kier alpha value is -3.09. The average Bonchev–Trinajstić information content (AvgIpc) is 3.45. The molecular weight excluding hydrogens is 366 g/mol. The lowest BCUT2D eigenvalue weighted by molar-refractivity contribution is -0.671. The molecule has 0 saturated heterocycles. The van der Waals surface area contributed by atoms with Crippen LogP contribution in [0.15, 0.2) is 49.6 Å². The normalized spacial score (nSPS) is 14.4. The van der Waals surface area contributed by atoms with Gasteiger partial charge in [0.15, 0.2) is 0 Å². The van der Waals surface area contributed by atoms with Crippen molar-refractivity contribution in [2.45, 2.75) is 38.3 Å². The highest BCUT2D eigenvalue weighted by atomic mass is 16.5. The van der Waals surface area contributed by atoms with Crippen molar-refractivity contribution in [2.75, 3.05) is 18.5 Å². The van der Waals surface area contributed by atoms with Crippen LogP contribution in [0, 0.1) is 0 Å². The second kappa shape index (κ2) is 8.51. The third-order valence-corrected chi connectivity index (χ3v) is 5.43. The summed E-state index contributed by atoms with van der Waals surface area (Å²) in [5.74, 6) is 0.525. The SMILES string of the molecule is C=CCNc1nc2cc(C(=O)OCCn3cc[n+](C)c3)ccc2n1C1CCCC1. The van der Waals surface area contributed by atoms with E-state index in [0.717, 1.165) is 29.8 Å². The molecule has 1 fully saturated rings. The number of hydrogen-bond acceptors (Lipinski definition) is 4. The van der Waals surface area contributed by atoms with Crippen molar-refractivity contribution in [2.24, 2.45) is 7.05 Å². The number of hydrogen-bond donors (Lipinski definition) is 1. The number of esters is 1. The number of fused-ring (bicyclic) bond motifs is 1. The van der Waals surface area contributed by atoms with E-state index in [1.54, 1.807) is 0 Å². The predicted molar refractivity (Wildman–Crippen MR) is 112 cm³/mol. The van der Waals surface area contributed by atoms with Crippen LogP contribution in [0.1, 0.15) is 42.1 Å². The topological polar surface area (TPSA) is 65.0 Å². The van der Waals surface area contributed by atoms with Crippen LogP contribution in [-0.4, -0.2) is 33.2 Å². The number of ether oxygens (including phenoxy) is 1. The van der Waals surface area contributed by atoms with E-state index in [9.17, 15) is 4.79 Å². The van der Waals surface area contributed by atoms with Crippen molar-refractivity contribution >= 4 is 23.0 Å². The van der Waals surface area contributed by atoms with E-state index >= 15 is 0 Å². The summed E-state index contributed by atoms with van der Waals surface area (Å²) < 4.78 is 11.7. The maximum Gasteiger partial charge on any atom is 0.338 e. The molecular formula is C22H28N5O2+. The van der Waals surface area contributed by atoms with Gasteiger partial charge in [-0.1, -0.05) is 18.9 Å². The van der Waals surface area contributed by atoms with Gasteiger partial charge in [0.05, 0.1) is 23.6 Å². The van der Waals surface area contributed by atoms with Gasteiger partial charge >= 0.3 is 5.97 Å². The number of anilines is 1. The van der Waals surface area contributed by atoms with Crippen molar-refractivity contribution in [3.05, 3.63) is 55.1 Å². The van der Waals surface area contributed by atoms with E-state index in [2.05, 4.69) is 16.5 Å². The van der Waals surface area contributed by atoms with Gasteiger partial charge in [0.2, 0.25) is 12.3 Å². The molecule has 7 nitrogen and oxygen atoms in total. The molecule has 0 aliphatic heterocycles. The number of nitrogens with one attached hydrogen (secondary N) is 1. The molecule has 1 aromatic carbocycles. The lowest BCUT2D eigenvalue weighted by Gasteiger charge is -2.16. The summed E-state index contributed by atoms with van der Waals surface area (Å²) in [6, 6.07) is 6.11. The van der Waals surface area contributed by atoms with Gasteiger partial charge < -0.3 is 14.6 Å². The molecule has 152 valence electrons. The van der Waals surface area contributed by atoms with Crippen LogP contribution in [0.3, 0.4) is 0 Å². The molecule has 3 aromatic rings. The van der Waals surface area contributed by atoms with E-state index in [1.165, 1.54) is 12.8 Å². The van der Waals surface area contributed by atoms with Gasteiger partial charge in [0.25, 0.3) is 0 Å². The van der Waals surface area contributed by atoms with Crippen LogP contribution in [0.5, 0.6) is 0 Å². The molecule has 0 unspecified atom stereocenters. The van der Waals surface area contributed by atoms with E-state index in [4.69, 9.17) is 9.72 Å². The first kappa shape index (κ1) is 19.2.